The predicted molar refractivity (Wildman–Crippen MR) is 77.0 cm³/mol. The molecule has 12 nitrogen and oxygen atoms in total. The molecule has 3 N–H and O–H groups in total. The van der Waals surface area contributed by atoms with Crippen LogP contribution in [0.5, 0.6) is 0 Å². The fourth-order valence-corrected chi connectivity index (χ4v) is 4.01. The van der Waals surface area contributed by atoms with E-state index in [1.165, 1.54) is 28.4 Å². The van der Waals surface area contributed by atoms with Crippen molar-refractivity contribution >= 4 is 15.6 Å². The first-order valence-electron chi connectivity index (χ1n) is 6.59. The first-order valence-corrected chi connectivity index (χ1v) is 9.62. The van der Waals surface area contributed by atoms with Crippen LogP contribution in [0.4, 0.5) is 0 Å². The van der Waals surface area contributed by atoms with Crippen molar-refractivity contribution in [2.45, 2.75) is 30.7 Å². The van der Waals surface area contributed by atoms with Crippen molar-refractivity contribution in [3.05, 3.63) is 0 Å². The predicted octanol–water partition coefficient (Wildman–Crippen LogP) is -0.371. The van der Waals surface area contributed by atoms with Crippen LogP contribution in [-0.2, 0) is 41.6 Å². The fourth-order valence-electron chi connectivity index (χ4n) is 2.35. The molecule has 0 aromatic rings. The second-order valence-corrected chi connectivity index (χ2v) is 7.53. The lowest BCUT2D eigenvalue weighted by atomic mass is 9.98. The number of hydrogen-bond donors (Lipinski definition) is 3. The van der Waals surface area contributed by atoms with E-state index < -0.39 is 46.4 Å². The molecule has 0 aromatic carbocycles. The Morgan fingerprint density at radius 2 is 1.46 bits per heavy atom. The van der Waals surface area contributed by atoms with Gasteiger partial charge in [-0.25, -0.2) is 9.13 Å². The van der Waals surface area contributed by atoms with Crippen molar-refractivity contribution in [3.63, 3.8) is 0 Å². The van der Waals surface area contributed by atoms with Crippen molar-refractivity contribution in [3.8, 4) is 0 Å². The van der Waals surface area contributed by atoms with Crippen molar-refractivity contribution in [2.24, 2.45) is 0 Å². The van der Waals surface area contributed by atoms with Gasteiger partial charge in [0.05, 0.1) is 6.61 Å². The van der Waals surface area contributed by atoms with Crippen molar-refractivity contribution in [1.82, 2.24) is 0 Å². The van der Waals surface area contributed by atoms with Gasteiger partial charge in [0.15, 0.2) is 6.29 Å². The van der Waals surface area contributed by atoms with Gasteiger partial charge >= 0.3 is 15.6 Å². The molecule has 1 saturated heterocycles. The van der Waals surface area contributed by atoms with E-state index in [0.717, 1.165) is 0 Å². The van der Waals surface area contributed by atoms with Gasteiger partial charge in [0.25, 0.3) is 0 Å². The molecule has 6 atom stereocenters. The number of phosphoric ester groups is 1. The molecular weight excluding hydrogens is 374 g/mol. The van der Waals surface area contributed by atoms with Crippen molar-refractivity contribution in [2.75, 3.05) is 35.0 Å². The molecule has 1 aliphatic rings. The lowest BCUT2D eigenvalue weighted by Crippen LogP contribution is -2.61. The maximum Gasteiger partial charge on any atom is 0.483 e. The summed E-state index contributed by atoms with van der Waals surface area (Å²) in [6.45, 7) is 0.0315. The number of methoxy groups -OCH3 is 4. The summed E-state index contributed by atoms with van der Waals surface area (Å²) in [7, 11) is -4.97. The molecule has 0 saturated carbocycles. The fraction of sp³-hybridized carbons (Fsp3) is 1.00. The normalized spacial score (nSPS) is 34.0. The number of phosphoric acid groups is 2. The Labute approximate surface area is 138 Å². The third-order valence-corrected chi connectivity index (χ3v) is 5.34. The van der Waals surface area contributed by atoms with Gasteiger partial charge in [-0.3, -0.25) is 4.52 Å². The summed E-state index contributed by atoms with van der Waals surface area (Å²) in [6.07, 6.45) is -4.78. The lowest BCUT2D eigenvalue weighted by Gasteiger charge is -2.44. The highest BCUT2D eigenvalue weighted by Gasteiger charge is 2.50. The Morgan fingerprint density at radius 1 is 0.917 bits per heavy atom. The highest BCUT2D eigenvalue weighted by molar-refractivity contribution is 7.60. The summed E-state index contributed by atoms with van der Waals surface area (Å²) in [5.41, 5.74) is 0. The maximum atomic E-state index is 11.7. The molecule has 0 spiro atoms. The minimum absolute atomic E-state index is 0.0315. The third-order valence-electron chi connectivity index (χ3n) is 3.19. The van der Waals surface area contributed by atoms with Gasteiger partial charge in [0.2, 0.25) is 0 Å². The average Bonchev–Trinajstić information content (AvgIpc) is 2.43. The smallest absolute Gasteiger partial charge is 0.382 e. The largest absolute Gasteiger partial charge is 0.483 e. The van der Waals surface area contributed by atoms with E-state index >= 15 is 0 Å². The zero-order valence-electron chi connectivity index (χ0n) is 13.5. The Kier molecular flexibility index (Phi) is 8.41. The Bertz CT molecular complexity index is 480. The Morgan fingerprint density at radius 3 is 1.88 bits per heavy atom. The second-order valence-electron chi connectivity index (χ2n) is 4.75. The van der Waals surface area contributed by atoms with Gasteiger partial charge in [0.1, 0.15) is 24.4 Å². The van der Waals surface area contributed by atoms with Crippen LogP contribution in [0.15, 0.2) is 0 Å². The Hall–Kier alpha value is 0.0600. The minimum Gasteiger partial charge on any atom is -0.382 e. The van der Waals surface area contributed by atoms with E-state index in [9.17, 15) is 14.0 Å². The molecule has 0 bridgehead atoms. The zero-order chi connectivity index (χ0) is 18.5. The number of rotatable bonds is 9. The van der Waals surface area contributed by atoms with Crippen molar-refractivity contribution in [1.29, 1.82) is 0 Å². The summed E-state index contributed by atoms with van der Waals surface area (Å²) in [5.74, 6) is 0. The van der Waals surface area contributed by atoms with Crippen LogP contribution in [0.3, 0.4) is 0 Å². The van der Waals surface area contributed by atoms with Crippen molar-refractivity contribution < 1.29 is 56.3 Å². The molecule has 0 aromatic heterocycles. The number of ether oxygens (including phenoxy) is 5. The molecule has 0 amide bonds. The molecule has 14 heteroatoms. The van der Waals surface area contributed by atoms with Crippen LogP contribution in [0.2, 0.25) is 0 Å². The molecule has 1 heterocycles. The van der Waals surface area contributed by atoms with E-state index in [-0.39, 0.29) is 6.61 Å². The van der Waals surface area contributed by atoms with E-state index in [1.807, 2.05) is 0 Å². The van der Waals surface area contributed by atoms with Gasteiger partial charge in [-0.2, -0.15) is 4.31 Å². The molecule has 0 radical (unpaired) electrons. The lowest BCUT2D eigenvalue weighted by molar-refractivity contribution is -0.294. The Balaban J connectivity index is 3.02. The molecule has 1 rings (SSSR count). The topological polar surface area (TPSA) is 159 Å². The number of hydrogen-bond acceptors (Lipinski definition) is 9. The first-order chi connectivity index (χ1) is 11.1. The van der Waals surface area contributed by atoms with Crippen LogP contribution < -0.4 is 0 Å². The van der Waals surface area contributed by atoms with Gasteiger partial charge in [-0.15, -0.1) is 0 Å². The van der Waals surface area contributed by atoms with Gasteiger partial charge in [-0.1, -0.05) is 0 Å². The van der Waals surface area contributed by atoms with Gasteiger partial charge in [0, 0.05) is 28.4 Å². The van der Waals surface area contributed by atoms with Crippen LogP contribution in [-0.4, -0.2) is 80.4 Å². The standard InChI is InChI=1S/C10H22O12P2/c1-16-5-6-7(17-2)8(18-3)9(19-4)10(20-6)21-24(14,15)22-23(11,12)13/h6-10H,5H2,1-4H3,(H,14,15)(H2,11,12,13)/t6-,7-,8+,9+,10+/m1/s1. The molecule has 1 aliphatic heterocycles. The van der Waals surface area contributed by atoms with Gasteiger partial charge < -0.3 is 38.4 Å². The quantitative estimate of drug-likeness (QED) is 0.435. The summed E-state index contributed by atoms with van der Waals surface area (Å²) in [4.78, 5) is 26.8. The molecule has 24 heavy (non-hydrogen) atoms. The SMILES string of the molecule is COC[C@H]1O[C@@H](OP(=O)(O)OP(=O)(O)O)[C@@H](OC)[C@@H](OC)[C@@H]1OC. The van der Waals surface area contributed by atoms with Gasteiger partial charge in [-0.05, 0) is 0 Å². The third kappa shape index (κ3) is 6.10. The van der Waals surface area contributed by atoms with E-state index in [4.69, 9.17) is 38.0 Å². The van der Waals surface area contributed by atoms with Crippen LogP contribution in [0.25, 0.3) is 0 Å². The second kappa shape index (κ2) is 9.13. The van der Waals surface area contributed by atoms with Crippen LogP contribution >= 0.6 is 15.6 Å². The van der Waals surface area contributed by atoms with E-state index in [2.05, 4.69) is 4.31 Å². The summed E-state index contributed by atoms with van der Waals surface area (Å²) in [5, 5.41) is 0. The average molecular weight is 396 g/mol. The maximum absolute atomic E-state index is 11.7. The summed E-state index contributed by atoms with van der Waals surface area (Å²) >= 11 is 0. The summed E-state index contributed by atoms with van der Waals surface area (Å²) in [6, 6.07) is 0. The molecule has 144 valence electrons. The zero-order valence-corrected chi connectivity index (χ0v) is 15.3. The first kappa shape index (κ1) is 22.1. The molecular formula is C10H22O12P2. The summed E-state index contributed by atoms with van der Waals surface area (Å²) < 4.78 is 57.2. The van der Waals surface area contributed by atoms with E-state index in [1.54, 1.807) is 0 Å². The van der Waals surface area contributed by atoms with E-state index in [0.29, 0.717) is 0 Å². The van der Waals surface area contributed by atoms with Crippen LogP contribution in [0.1, 0.15) is 0 Å². The van der Waals surface area contributed by atoms with Crippen LogP contribution in [0, 0.1) is 0 Å². The highest BCUT2D eigenvalue weighted by Crippen LogP contribution is 2.58. The molecule has 1 unspecified atom stereocenters. The molecule has 1 fully saturated rings. The highest BCUT2D eigenvalue weighted by atomic mass is 31.3. The molecule has 0 aliphatic carbocycles. The monoisotopic (exact) mass is 396 g/mol. The minimum atomic E-state index is -5.27.